The third-order valence-corrected chi connectivity index (χ3v) is 5.34. The summed E-state index contributed by atoms with van der Waals surface area (Å²) < 4.78 is 0. The summed E-state index contributed by atoms with van der Waals surface area (Å²) in [6.45, 7) is 1.34. The van der Waals surface area contributed by atoms with Crippen LogP contribution in [0.3, 0.4) is 0 Å². The maximum absolute atomic E-state index is 11.9. The summed E-state index contributed by atoms with van der Waals surface area (Å²) in [5, 5.41) is 24.1. The van der Waals surface area contributed by atoms with E-state index in [1.54, 1.807) is 17.2 Å². The molecule has 0 saturated carbocycles. The molecule has 0 atom stereocenters. The fourth-order valence-corrected chi connectivity index (χ4v) is 3.65. The molecule has 144 valence electrons. The van der Waals surface area contributed by atoms with Crippen LogP contribution in [0.15, 0.2) is 18.3 Å². The molecule has 1 aliphatic rings. The van der Waals surface area contributed by atoms with Gasteiger partial charge in [0.2, 0.25) is 5.91 Å². The molecule has 2 aromatic rings. The van der Waals surface area contributed by atoms with Crippen LogP contribution in [0.25, 0.3) is 16.3 Å². The number of carbonyl (C=O) groups is 1. The van der Waals surface area contributed by atoms with Gasteiger partial charge in [-0.3, -0.25) is 4.79 Å². The van der Waals surface area contributed by atoms with Gasteiger partial charge in [-0.15, -0.1) is 5.71 Å². The standard InChI is InChI=1S/C18H20Cl2N5O2/c19-12-7-10(13(22)1-4-23-5-3-21)16-11-8-25(15(27)9-26)6-2-14(11)24-18(16)17(12)20/h1,4,7,23-24,26H,2-3,5-6,8-9,21H2/q-1/b4-1-. The average Bonchev–Trinajstić information content (AvgIpc) is 3.06. The Bertz CT molecular complexity index is 922. The number of hydrogen-bond donors (Lipinski definition) is 4. The van der Waals surface area contributed by atoms with E-state index in [0.717, 1.165) is 16.6 Å². The molecule has 3 rings (SSSR count). The number of halogens is 2. The van der Waals surface area contributed by atoms with Gasteiger partial charge in [-0.25, -0.2) is 0 Å². The first-order chi connectivity index (χ1) is 13.0. The van der Waals surface area contributed by atoms with Crippen molar-refractivity contribution in [2.45, 2.75) is 13.0 Å². The van der Waals surface area contributed by atoms with E-state index >= 15 is 0 Å². The van der Waals surface area contributed by atoms with Crippen LogP contribution in [0.2, 0.25) is 10.0 Å². The lowest BCUT2D eigenvalue weighted by Crippen LogP contribution is -2.37. The van der Waals surface area contributed by atoms with Crippen LogP contribution in [0.4, 0.5) is 0 Å². The zero-order valence-electron chi connectivity index (χ0n) is 14.6. The highest BCUT2D eigenvalue weighted by Crippen LogP contribution is 2.38. The highest BCUT2D eigenvalue weighted by atomic mass is 35.5. The van der Waals surface area contributed by atoms with Gasteiger partial charge < -0.3 is 31.5 Å². The molecule has 1 aromatic carbocycles. The second-order valence-electron chi connectivity index (χ2n) is 6.24. The molecule has 7 nitrogen and oxygen atoms in total. The molecule has 0 unspecified atom stereocenters. The molecule has 0 fully saturated rings. The van der Waals surface area contributed by atoms with E-state index in [9.17, 15) is 10.2 Å². The second kappa shape index (κ2) is 8.31. The zero-order chi connectivity index (χ0) is 19.6. The number of hydrogen-bond acceptors (Lipinski definition) is 4. The number of nitrogens with zero attached hydrogens (tertiary/aromatic N) is 2. The van der Waals surface area contributed by atoms with E-state index in [2.05, 4.69) is 10.3 Å². The highest BCUT2D eigenvalue weighted by molar-refractivity contribution is 6.46. The first-order valence-electron chi connectivity index (χ1n) is 8.54. The number of nitrogens with two attached hydrogens (primary N) is 1. The Kier molecular flexibility index (Phi) is 6.06. The number of H-pyrrole nitrogens is 1. The van der Waals surface area contributed by atoms with Crippen molar-refractivity contribution in [3.63, 3.8) is 0 Å². The topological polar surface area (TPSA) is 117 Å². The van der Waals surface area contributed by atoms with Gasteiger partial charge in [0.05, 0.1) is 15.6 Å². The first-order valence-corrected chi connectivity index (χ1v) is 9.29. The third-order valence-electron chi connectivity index (χ3n) is 4.55. The van der Waals surface area contributed by atoms with Gasteiger partial charge in [-0.05, 0) is 17.8 Å². The Morgan fingerprint density at radius 1 is 1.48 bits per heavy atom. The number of allylic oxidation sites excluding steroid dienone is 1. The van der Waals surface area contributed by atoms with Crippen LogP contribution in [0, 0.1) is 0 Å². The minimum Gasteiger partial charge on any atom is -0.803 e. The van der Waals surface area contributed by atoms with Gasteiger partial charge in [0, 0.05) is 49.2 Å². The monoisotopic (exact) mass is 408 g/mol. The number of aromatic amines is 1. The number of rotatable bonds is 6. The van der Waals surface area contributed by atoms with Crippen molar-refractivity contribution < 1.29 is 9.90 Å². The molecule has 1 aliphatic heterocycles. The van der Waals surface area contributed by atoms with Crippen molar-refractivity contribution in [3.8, 4) is 0 Å². The van der Waals surface area contributed by atoms with Crippen molar-refractivity contribution in [2.75, 3.05) is 26.2 Å². The van der Waals surface area contributed by atoms with E-state index in [0.29, 0.717) is 53.7 Å². The van der Waals surface area contributed by atoms with Crippen LogP contribution >= 0.6 is 23.2 Å². The fourth-order valence-electron chi connectivity index (χ4n) is 3.25. The Morgan fingerprint density at radius 2 is 2.26 bits per heavy atom. The summed E-state index contributed by atoms with van der Waals surface area (Å²) in [6.07, 6.45) is 3.72. The summed E-state index contributed by atoms with van der Waals surface area (Å²) in [5.41, 5.74) is 8.38. The third kappa shape index (κ3) is 3.82. The van der Waals surface area contributed by atoms with Crippen molar-refractivity contribution in [3.05, 3.63) is 50.6 Å². The van der Waals surface area contributed by atoms with Crippen molar-refractivity contribution in [2.24, 2.45) is 5.73 Å². The zero-order valence-corrected chi connectivity index (χ0v) is 16.1. The maximum atomic E-state index is 11.9. The predicted octanol–water partition coefficient (Wildman–Crippen LogP) is 1.77. The Balaban J connectivity index is 2.08. The number of nitrogens with one attached hydrogen (secondary N) is 2. The minimum absolute atomic E-state index is 0.00972. The summed E-state index contributed by atoms with van der Waals surface area (Å²) in [7, 11) is 0. The summed E-state index contributed by atoms with van der Waals surface area (Å²) in [6, 6.07) is 1.61. The van der Waals surface area contributed by atoms with Crippen molar-refractivity contribution in [1.82, 2.24) is 15.2 Å². The van der Waals surface area contributed by atoms with Gasteiger partial charge in [0.25, 0.3) is 0 Å². The van der Waals surface area contributed by atoms with E-state index in [1.807, 2.05) is 0 Å². The van der Waals surface area contributed by atoms with Crippen LogP contribution in [-0.2, 0) is 17.8 Å². The quantitative estimate of drug-likeness (QED) is 0.430. The molecule has 0 bridgehead atoms. The van der Waals surface area contributed by atoms with Gasteiger partial charge in [0.15, 0.2) is 0 Å². The lowest BCUT2D eigenvalue weighted by Gasteiger charge is -2.27. The molecule has 9 heteroatoms. The van der Waals surface area contributed by atoms with Crippen LogP contribution in [0.1, 0.15) is 16.8 Å². The lowest BCUT2D eigenvalue weighted by molar-refractivity contribution is -0.135. The molecule has 1 aromatic heterocycles. The highest BCUT2D eigenvalue weighted by Gasteiger charge is 2.26. The fraction of sp³-hybridized carbons (Fsp3) is 0.333. The van der Waals surface area contributed by atoms with Gasteiger partial charge in [-0.1, -0.05) is 29.3 Å². The van der Waals surface area contributed by atoms with Crippen molar-refractivity contribution in [1.29, 1.82) is 0 Å². The van der Waals surface area contributed by atoms with Crippen molar-refractivity contribution >= 4 is 45.7 Å². The molecule has 0 radical (unpaired) electrons. The largest absolute Gasteiger partial charge is 0.803 e. The van der Waals surface area contributed by atoms with Crippen LogP contribution < -0.4 is 11.1 Å². The summed E-state index contributed by atoms with van der Waals surface area (Å²) in [5.74, 6) is -0.337. The minimum atomic E-state index is -0.538. The normalized spacial score (nSPS) is 14.0. The molecule has 0 spiro atoms. The second-order valence-corrected chi connectivity index (χ2v) is 7.02. The Labute approximate surface area is 166 Å². The molecular formula is C18H20Cl2N5O2-. The number of aromatic nitrogens is 1. The lowest BCUT2D eigenvalue weighted by atomic mass is 9.98. The van der Waals surface area contributed by atoms with E-state index in [1.165, 1.54) is 6.08 Å². The van der Waals surface area contributed by atoms with Gasteiger partial charge in [0.1, 0.15) is 6.61 Å². The number of carbonyl (C=O) groups excluding carboxylic acids is 1. The molecule has 1 amide bonds. The number of aliphatic hydroxyl groups is 1. The summed E-state index contributed by atoms with van der Waals surface area (Å²) >= 11 is 12.6. The summed E-state index contributed by atoms with van der Waals surface area (Å²) in [4.78, 5) is 16.8. The number of amides is 1. The average molecular weight is 409 g/mol. The smallest absolute Gasteiger partial charge is 0.248 e. The number of fused-ring (bicyclic) bond motifs is 3. The van der Waals surface area contributed by atoms with Gasteiger partial charge in [-0.2, -0.15) is 0 Å². The number of benzene rings is 1. The van der Waals surface area contributed by atoms with E-state index in [4.69, 9.17) is 34.0 Å². The Morgan fingerprint density at radius 3 is 2.96 bits per heavy atom. The Hall–Kier alpha value is -2.06. The maximum Gasteiger partial charge on any atom is 0.248 e. The van der Waals surface area contributed by atoms with E-state index < -0.39 is 6.61 Å². The molecule has 27 heavy (non-hydrogen) atoms. The molecule has 2 heterocycles. The molecular weight excluding hydrogens is 389 g/mol. The van der Waals surface area contributed by atoms with Crippen LogP contribution in [0.5, 0.6) is 0 Å². The van der Waals surface area contributed by atoms with Gasteiger partial charge >= 0.3 is 0 Å². The first kappa shape index (κ1) is 19.7. The van der Waals surface area contributed by atoms with E-state index in [-0.39, 0.29) is 11.6 Å². The molecule has 0 saturated heterocycles. The van der Waals surface area contributed by atoms with Crippen LogP contribution in [-0.4, -0.2) is 52.9 Å². The molecule has 0 aliphatic carbocycles. The SMILES string of the molecule is [N-]=C(/C=C\NCCN)c1cc(Cl)c(Cl)c2[nH]c3c(c12)CN(C(=O)CO)CC3. The number of aliphatic hydroxyl groups excluding tert-OH is 1. The molecule has 5 N–H and O–H groups in total. The predicted molar refractivity (Wildman–Crippen MR) is 108 cm³/mol.